The minimum absolute atomic E-state index is 0.566. The topological polar surface area (TPSA) is 39.7 Å². The first kappa shape index (κ1) is 15.3. The summed E-state index contributed by atoms with van der Waals surface area (Å²) in [5, 5.41) is 3.32. The highest BCUT2D eigenvalue weighted by molar-refractivity contribution is 5.33. The Bertz CT molecular complexity index is 378. The first-order chi connectivity index (χ1) is 9.90. The van der Waals surface area contributed by atoms with Crippen LogP contribution in [-0.2, 0) is 16.0 Å². The lowest BCUT2D eigenvalue weighted by Crippen LogP contribution is -2.15. The van der Waals surface area contributed by atoms with E-state index in [2.05, 4.69) is 18.3 Å². The molecule has 1 N–H and O–H groups in total. The third-order valence-electron chi connectivity index (χ3n) is 3.40. The van der Waals surface area contributed by atoms with Crippen molar-refractivity contribution in [2.75, 3.05) is 39.6 Å². The molecule has 112 valence electrons. The Hall–Kier alpha value is -1.10. The van der Waals surface area contributed by atoms with Gasteiger partial charge in [0.2, 0.25) is 0 Å². The highest BCUT2D eigenvalue weighted by Gasteiger charge is 2.15. The zero-order chi connectivity index (χ0) is 14.0. The maximum Gasteiger partial charge on any atom is 0.123 e. The number of benzene rings is 1. The van der Waals surface area contributed by atoms with E-state index in [-0.39, 0.29) is 0 Å². The van der Waals surface area contributed by atoms with Crippen molar-refractivity contribution in [3.8, 4) is 5.75 Å². The van der Waals surface area contributed by atoms with Crippen LogP contribution < -0.4 is 10.1 Å². The Labute approximate surface area is 121 Å². The number of rotatable bonds is 9. The zero-order valence-electron chi connectivity index (χ0n) is 12.3. The number of ether oxygens (including phenoxy) is 3. The summed E-state index contributed by atoms with van der Waals surface area (Å²) in [5.41, 5.74) is 1.19. The van der Waals surface area contributed by atoms with Gasteiger partial charge < -0.3 is 19.5 Å². The van der Waals surface area contributed by atoms with Gasteiger partial charge in [-0.05, 0) is 19.0 Å². The van der Waals surface area contributed by atoms with Gasteiger partial charge in [-0.2, -0.15) is 0 Å². The summed E-state index contributed by atoms with van der Waals surface area (Å²) in [7, 11) is 0. The van der Waals surface area contributed by atoms with Crippen molar-refractivity contribution in [2.45, 2.75) is 19.9 Å². The van der Waals surface area contributed by atoms with Gasteiger partial charge in [0.05, 0.1) is 19.8 Å². The van der Waals surface area contributed by atoms with E-state index in [0.717, 1.165) is 45.1 Å². The third-order valence-corrected chi connectivity index (χ3v) is 3.40. The van der Waals surface area contributed by atoms with Crippen molar-refractivity contribution >= 4 is 0 Å². The first-order valence-electron chi connectivity index (χ1n) is 7.47. The van der Waals surface area contributed by atoms with Gasteiger partial charge in [-0.1, -0.05) is 25.1 Å². The van der Waals surface area contributed by atoms with Crippen molar-refractivity contribution in [1.29, 1.82) is 0 Å². The van der Waals surface area contributed by atoms with Gasteiger partial charge >= 0.3 is 0 Å². The van der Waals surface area contributed by atoms with Gasteiger partial charge in [0.1, 0.15) is 12.4 Å². The lowest BCUT2D eigenvalue weighted by molar-refractivity contribution is 0.0681. The summed E-state index contributed by atoms with van der Waals surface area (Å²) < 4.78 is 16.8. The lowest BCUT2D eigenvalue weighted by atomic mass is 10.1. The average Bonchev–Trinajstić information content (AvgIpc) is 2.99. The molecule has 4 nitrogen and oxygen atoms in total. The van der Waals surface area contributed by atoms with Crippen molar-refractivity contribution in [3.05, 3.63) is 29.8 Å². The lowest BCUT2D eigenvalue weighted by Gasteiger charge is -2.13. The molecule has 1 aromatic rings. The van der Waals surface area contributed by atoms with Crippen LogP contribution in [0.4, 0.5) is 0 Å². The molecule has 0 saturated carbocycles. The van der Waals surface area contributed by atoms with Gasteiger partial charge in [-0.15, -0.1) is 0 Å². The molecule has 1 saturated heterocycles. The molecule has 1 unspecified atom stereocenters. The molecule has 1 aromatic carbocycles. The largest absolute Gasteiger partial charge is 0.491 e. The van der Waals surface area contributed by atoms with Crippen LogP contribution in [0.1, 0.15) is 18.9 Å². The molecule has 1 heterocycles. The molecule has 0 bridgehead atoms. The van der Waals surface area contributed by atoms with E-state index < -0.39 is 0 Å². The van der Waals surface area contributed by atoms with E-state index in [9.17, 15) is 0 Å². The van der Waals surface area contributed by atoms with Crippen LogP contribution in [0.15, 0.2) is 24.3 Å². The summed E-state index contributed by atoms with van der Waals surface area (Å²) in [5.74, 6) is 1.51. The average molecular weight is 279 g/mol. The van der Waals surface area contributed by atoms with E-state index in [4.69, 9.17) is 14.2 Å². The van der Waals surface area contributed by atoms with E-state index >= 15 is 0 Å². The van der Waals surface area contributed by atoms with Crippen LogP contribution in [0.25, 0.3) is 0 Å². The molecule has 0 spiro atoms. The van der Waals surface area contributed by atoms with Gasteiger partial charge in [-0.3, -0.25) is 0 Å². The Morgan fingerprint density at radius 3 is 3.00 bits per heavy atom. The summed E-state index contributed by atoms with van der Waals surface area (Å²) in [4.78, 5) is 0. The predicted molar refractivity (Wildman–Crippen MR) is 79.1 cm³/mol. The second-order valence-electron chi connectivity index (χ2n) is 5.04. The monoisotopic (exact) mass is 279 g/mol. The van der Waals surface area contributed by atoms with E-state index in [1.165, 1.54) is 5.56 Å². The molecule has 0 amide bonds. The van der Waals surface area contributed by atoms with Gasteiger partial charge in [-0.25, -0.2) is 0 Å². The number of hydrogen-bond donors (Lipinski definition) is 1. The minimum atomic E-state index is 0.566. The smallest absolute Gasteiger partial charge is 0.123 e. The van der Waals surface area contributed by atoms with Crippen LogP contribution in [0.2, 0.25) is 0 Å². The van der Waals surface area contributed by atoms with Crippen molar-refractivity contribution in [1.82, 2.24) is 5.32 Å². The normalized spacial score (nSPS) is 18.4. The molecule has 0 aromatic heterocycles. The summed E-state index contributed by atoms with van der Waals surface area (Å²) >= 11 is 0. The SMILES string of the molecule is CCNCc1ccccc1OCCOCC1CCOC1. The Kier molecular flexibility index (Phi) is 6.84. The molecule has 1 atom stereocenters. The van der Waals surface area contributed by atoms with E-state index in [0.29, 0.717) is 19.1 Å². The summed E-state index contributed by atoms with van der Waals surface area (Å²) in [6.07, 6.45) is 1.12. The Morgan fingerprint density at radius 2 is 2.20 bits per heavy atom. The standard InChI is InChI=1S/C16H25NO3/c1-2-17-11-15-5-3-4-6-16(15)20-10-9-19-13-14-7-8-18-12-14/h3-6,14,17H,2,7-13H2,1H3. The van der Waals surface area contributed by atoms with Crippen LogP contribution in [0.5, 0.6) is 5.75 Å². The van der Waals surface area contributed by atoms with Crippen LogP contribution in [0.3, 0.4) is 0 Å². The molecule has 20 heavy (non-hydrogen) atoms. The van der Waals surface area contributed by atoms with Gasteiger partial charge in [0.25, 0.3) is 0 Å². The number of hydrogen-bond acceptors (Lipinski definition) is 4. The van der Waals surface area contributed by atoms with E-state index in [1.54, 1.807) is 0 Å². The molecule has 0 radical (unpaired) electrons. The van der Waals surface area contributed by atoms with Crippen molar-refractivity contribution < 1.29 is 14.2 Å². The van der Waals surface area contributed by atoms with Gasteiger partial charge in [0.15, 0.2) is 0 Å². The third kappa shape index (κ3) is 5.12. The minimum Gasteiger partial charge on any atom is -0.491 e. The second-order valence-corrected chi connectivity index (χ2v) is 5.04. The molecule has 1 fully saturated rings. The second kappa shape index (κ2) is 8.95. The zero-order valence-corrected chi connectivity index (χ0v) is 12.3. The van der Waals surface area contributed by atoms with Crippen LogP contribution in [0, 0.1) is 5.92 Å². The molecule has 4 heteroatoms. The quantitative estimate of drug-likeness (QED) is 0.704. The summed E-state index contributed by atoms with van der Waals surface area (Å²) in [6, 6.07) is 8.14. The van der Waals surface area contributed by atoms with Crippen molar-refractivity contribution in [2.24, 2.45) is 5.92 Å². The molecule has 2 rings (SSSR count). The highest BCUT2D eigenvalue weighted by atomic mass is 16.5. The molecule has 0 aliphatic carbocycles. The van der Waals surface area contributed by atoms with Crippen molar-refractivity contribution in [3.63, 3.8) is 0 Å². The fourth-order valence-corrected chi connectivity index (χ4v) is 2.23. The van der Waals surface area contributed by atoms with E-state index in [1.807, 2.05) is 18.2 Å². The molecular formula is C16H25NO3. The first-order valence-corrected chi connectivity index (χ1v) is 7.47. The van der Waals surface area contributed by atoms with Crippen LogP contribution in [-0.4, -0.2) is 39.6 Å². The predicted octanol–water partition coefficient (Wildman–Crippen LogP) is 2.23. The summed E-state index contributed by atoms with van der Waals surface area (Å²) in [6.45, 7) is 7.62. The maximum atomic E-state index is 5.80. The Balaban J connectivity index is 1.65. The fourth-order valence-electron chi connectivity index (χ4n) is 2.23. The fraction of sp³-hybridized carbons (Fsp3) is 0.625. The van der Waals surface area contributed by atoms with Gasteiger partial charge in [0, 0.05) is 24.6 Å². The molecule has 1 aliphatic rings. The Morgan fingerprint density at radius 1 is 1.30 bits per heavy atom. The molecular weight excluding hydrogens is 254 g/mol. The highest BCUT2D eigenvalue weighted by Crippen LogP contribution is 2.17. The number of nitrogens with one attached hydrogen (secondary N) is 1. The maximum absolute atomic E-state index is 5.80. The van der Waals surface area contributed by atoms with Crippen LogP contribution >= 0.6 is 0 Å². The molecule has 1 aliphatic heterocycles. The number of para-hydroxylation sites is 1.